The highest BCUT2D eigenvalue weighted by atomic mass is 19.1. The van der Waals surface area contributed by atoms with Crippen molar-refractivity contribution in [1.82, 2.24) is 10.3 Å². The molecule has 1 aromatic heterocycles. The Bertz CT molecular complexity index is 518. The maximum Gasteiger partial charge on any atom is 0.329 e. The van der Waals surface area contributed by atoms with Crippen molar-refractivity contribution >= 4 is 11.9 Å². The van der Waals surface area contributed by atoms with E-state index in [0.717, 1.165) is 25.1 Å². The van der Waals surface area contributed by atoms with Crippen molar-refractivity contribution in [2.75, 3.05) is 0 Å². The van der Waals surface area contributed by atoms with Gasteiger partial charge < -0.3 is 10.4 Å². The van der Waals surface area contributed by atoms with Gasteiger partial charge in [0, 0.05) is 0 Å². The molecule has 2 atom stereocenters. The molecule has 2 N–H and O–H groups in total. The highest BCUT2D eigenvalue weighted by Crippen LogP contribution is 2.32. The zero-order valence-electron chi connectivity index (χ0n) is 11.2. The largest absolute Gasteiger partial charge is 0.480 e. The highest BCUT2D eigenvalue weighted by Gasteiger charge is 2.43. The van der Waals surface area contributed by atoms with E-state index in [1.165, 1.54) is 6.07 Å². The minimum absolute atomic E-state index is 0.0188. The summed E-state index contributed by atoms with van der Waals surface area (Å²) in [5.41, 5.74) is -1.23. The van der Waals surface area contributed by atoms with E-state index >= 15 is 0 Å². The molecule has 0 aromatic carbocycles. The fourth-order valence-electron chi connectivity index (χ4n) is 2.70. The molecule has 0 saturated heterocycles. The number of hydrogen-bond donors (Lipinski definition) is 2. The second kappa shape index (κ2) is 5.56. The number of carbonyl (C=O) groups excluding carboxylic acids is 1. The molecule has 20 heavy (non-hydrogen) atoms. The van der Waals surface area contributed by atoms with Crippen LogP contribution in [0.1, 0.15) is 43.1 Å². The van der Waals surface area contributed by atoms with E-state index in [0.29, 0.717) is 12.8 Å². The minimum Gasteiger partial charge on any atom is -0.480 e. The summed E-state index contributed by atoms with van der Waals surface area (Å²) in [5.74, 6) is -1.91. The lowest BCUT2D eigenvalue weighted by molar-refractivity contribution is -0.146. The number of rotatable bonds is 3. The fraction of sp³-hybridized carbons (Fsp3) is 0.500. The van der Waals surface area contributed by atoms with Crippen molar-refractivity contribution in [3.8, 4) is 0 Å². The van der Waals surface area contributed by atoms with E-state index in [2.05, 4.69) is 10.3 Å². The van der Waals surface area contributed by atoms with E-state index in [1.54, 1.807) is 0 Å². The first-order valence-corrected chi connectivity index (χ1v) is 6.60. The van der Waals surface area contributed by atoms with Crippen molar-refractivity contribution in [2.45, 2.75) is 38.1 Å². The molecular formula is C14H17FN2O3. The molecule has 2 rings (SSSR count). The first kappa shape index (κ1) is 14.4. The fourth-order valence-corrected chi connectivity index (χ4v) is 2.70. The summed E-state index contributed by atoms with van der Waals surface area (Å²) in [5, 5.41) is 12.0. The van der Waals surface area contributed by atoms with Gasteiger partial charge in [0.25, 0.3) is 5.91 Å². The molecule has 2 unspecified atom stereocenters. The van der Waals surface area contributed by atoms with Gasteiger partial charge in [-0.25, -0.2) is 14.2 Å². The van der Waals surface area contributed by atoms with Crippen LogP contribution in [0.3, 0.4) is 0 Å². The number of pyridine rings is 1. The van der Waals surface area contributed by atoms with E-state index in [1.807, 2.05) is 6.92 Å². The normalized spacial score (nSPS) is 26.0. The Labute approximate surface area is 116 Å². The zero-order chi connectivity index (χ0) is 14.8. The monoisotopic (exact) mass is 280 g/mol. The Hall–Kier alpha value is -1.98. The Morgan fingerprint density at radius 1 is 1.50 bits per heavy atom. The van der Waals surface area contributed by atoms with Crippen LogP contribution in [0, 0.1) is 11.7 Å². The third-order valence-electron chi connectivity index (χ3n) is 3.72. The summed E-state index contributed by atoms with van der Waals surface area (Å²) in [6.45, 7) is 1.97. The number of hydrogen-bond acceptors (Lipinski definition) is 3. The molecular weight excluding hydrogens is 263 g/mol. The molecule has 1 aromatic rings. The molecule has 5 nitrogen and oxygen atoms in total. The Morgan fingerprint density at radius 2 is 2.25 bits per heavy atom. The van der Waals surface area contributed by atoms with Crippen molar-refractivity contribution < 1.29 is 19.1 Å². The topological polar surface area (TPSA) is 79.3 Å². The van der Waals surface area contributed by atoms with Crippen molar-refractivity contribution in [3.63, 3.8) is 0 Å². The number of carbonyl (C=O) groups is 2. The van der Waals surface area contributed by atoms with Crippen molar-refractivity contribution in [3.05, 3.63) is 29.8 Å². The lowest BCUT2D eigenvalue weighted by Gasteiger charge is -2.36. The van der Waals surface area contributed by atoms with Gasteiger partial charge in [-0.2, -0.15) is 0 Å². The first-order valence-electron chi connectivity index (χ1n) is 6.60. The third-order valence-corrected chi connectivity index (χ3v) is 3.72. The summed E-state index contributed by atoms with van der Waals surface area (Å²) in [4.78, 5) is 27.3. The van der Waals surface area contributed by atoms with Crippen LogP contribution < -0.4 is 5.32 Å². The lowest BCUT2D eigenvalue weighted by atomic mass is 9.76. The average Bonchev–Trinajstić information content (AvgIpc) is 2.39. The lowest BCUT2D eigenvalue weighted by Crippen LogP contribution is -2.56. The number of carboxylic acids is 1. The predicted octanol–water partition coefficient (Wildman–Crippen LogP) is 1.98. The van der Waals surface area contributed by atoms with Gasteiger partial charge in [-0.1, -0.05) is 19.8 Å². The molecule has 1 aliphatic rings. The number of aromatic nitrogens is 1. The van der Waals surface area contributed by atoms with Crippen LogP contribution >= 0.6 is 0 Å². The van der Waals surface area contributed by atoms with Gasteiger partial charge in [-0.05, 0) is 30.9 Å². The van der Waals surface area contributed by atoms with Gasteiger partial charge in [-0.3, -0.25) is 4.79 Å². The molecule has 0 spiro atoms. The van der Waals surface area contributed by atoms with Gasteiger partial charge >= 0.3 is 5.97 Å². The quantitative estimate of drug-likeness (QED) is 0.887. The number of halogens is 1. The van der Waals surface area contributed by atoms with Crippen LogP contribution in [0.4, 0.5) is 4.39 Å². The predicted molar refractivity (Wildman–Crippen MR) is 69.7 cm³/mol. The summed E-state index contributed by atoms with van der Waals surface area (Å²) in [7, 11) is 0. The number of carboxylic acid groups (broad SMARTS) is 1. The molecule has 1 saturated carbocycles. The van der Waals surface area contributed by atoms with Crippen LogP contribution in [0.5, 0.6) is 0 Å². The van der Waals surface area contributed by atoms with Crippen LogP contribution in [-0.4, -0.2) is 27.5 Å². The molecule has 108 valence electrons. The van der Waals surface area contributed by atoms with Gasteiger partial charge in [0.15, 0.2) is 0 Å². The molecule has 0 bridgehead atoms. The number of nitrogens with one attached hydrogen (secondary N) is 1. The molecule has 1 aliphatic carbocycles. The standard InChI is InChI=1S/C14H17FN2O3/c1-9-3-2-6-14(7-9,13(19)20)17-12(18)11-5-4-10(15)8-16-11/h4-5,8-9H,2-3,6-7H2,1H3,(H,17,18)(H,19,20). The SMILES string of the molecule is CC1CCCC(NC(=O)c2ccc(F)cn2)(C(=O)O)C1. The molecule has 1 fully saturated rings. The summed E-state index contributed by atoms with van der Waals surface area (Å²) < 4.78 is 12.8. The van der Waals surface area contributed by atoms with Crippen molar-refractivity contribution in [1.29, 1.82) is 0 Å². The average molecular weight is 280 g/mol. The Balaban J connectivity index is 2.18. The Morgan fingerprint density at radius 3 is 2.80 bits per heavy atom. The minimum atomic E-state index is -1.25. The van der Waals surface area contributed by atoms with Crippen molar-refractivity contribution in [2.24, 2.45) is 5.92 Å². The van der Waals surface area contributed by atoms with Crippen LogP contribution in [0.2, 0.25) is 0 Å². The second-order valence-corrected chi connectivity index (χ2v) is 5.40. The summed E-state index contributed by atoms with van der Waals surface area (Å²) in [6.07, 6.45) is 3.45. The summed E-state index contributed by atoms with van der Waals surface area (Å²) >= 11 is 0. The Kier molecular flexibility index (Phi) is 4.01. The van der Waals surface area contributed by atoms with Gasteiger partial charge in [0.1, 0.15) is 17.1 Å². The van der Waals surface area contributed by atoms with E-state index in [4.69, 9.17) is 0 Å². The van der Waals surface area contributed by atoms with E-state index < -0.39 is 23.2 Å². The molecule has 0 aliphatic heterocycles. The molecule has 0 radical (unpaired) electrons. The van der Waals surface area contributed by atoms with E-state index in [-0.39, 0.29) is 11.6 Å². The van der Waals surface area contributed by atoms with Crippen LogP contribution in [0.15, 0.2) is 18.3 Å². The smallest absolute Gasteiger partial charge is 0.329 e. The van der Waals surface area contributed by atoms with Gasteiger partial charge in [0.2, 0.25) is 0 Å². The molecule has 1 amide bonds. The van der Waals surface area contributed by atoms with Crippen LogP contribution in [-0.2, 0) is 4.79 Å². The van der Waals surface area contributed by atoms with Gasteiger partial charge in [0.05, 0.1) is 6.20 Å². The third kappa shape index (κ3) is 2.95. The number of amides is 1. The zero-order valence-corrected chi connectivity index (χ0v) is 11.2. The highest BCUT2D eigenvalue weighted by molar-refractivity contribution is 5.96. The first-order chi connectivity index (χ1) is 9.43. The maximum atomic E-state index is 12.8. The molecule has 1 heterocycles. The maximum absolute atomic E-state index is 12.8. The van der Waals surface area contributed by atoms with Crippen LogP contribution in [0.25, 0.3) is 0 Å². The van der Waals surface area contributed by atoms with E-state index in [9.17, 15) is 19.1 Å². The second-order valence-electron chi connectivity index (χ2n) is 5.40. The van der Waals surface area contributed by atoms with Gasteiger partial charge in [-0.15, -0.1) is 0 Å². The summed E-state index contributed by atoms with van der Waals surface area (Å²) in [6, 6.07) is 2.37. The number of nitrogens with zero attached hydrogens (tertiary/aromatic N) is 1. The number of aliphatic carboxylic acids is 1. The molecule has 6 heteroatoms.